The zero-order chi connectivity index (χ0) is 21.2. The molecule has 0 bridgehead atoms. The van der Waals surface area contributed by atoms with E-state index in [0.717, 1.165) is 35.1 Å². The van der Waals surface area contributed by atoms with E-state index in [9.17, 15) is 0 Å². The lowest BCUT2D eigenvalue weighted by Gasteiger charge is -2.15. The monoisotopic (exact) mass is 447 g/mol. The highest BCUT2D eigenvalue weighted by Crippen LogP contribution is 2.36. The number of nitrogens with zero attached hydrogens (tertiary/aromatic N) is 4. The summed E-state index contributed by atoms with van der Waals surface area (Å²) in [6.07, 6.45) is 0.913. The van der Waals surface area contributed by atoms with E-state index in [1.165, 1.54) is 0 Å². The van der Waals surface area contributed by atoms with Crippen LogP contribution in [0, 0.1) is 0 Å². The number of aromatic nitrogens is 4. The van der Waals surface area contributed by atoms with Crippen molar-refractivity contribution in [2.24, 2.45) is 0 Å². The Labute approximate surface area is 186 Å². The minimum atomic E-state index is 0.558. The number of ether oxygens (including phenoxy) is 2. The molecule has 0 spiro atoms. The van der Waals surface area contributed by atoms with Crippen LogP contribution < -0.4 is 14.8 Å². The van der Waals surface area contributed by atoms with Gasteiger partial charge < -0.3 is 14.8 Å². The Kier molecular flexibility index (Phi) is 8.80. The van der Waals surface area contributed by atoms with Crippen LogP contribution in [-0.2, 0) is 6.54 Å². The third kappa shape index (κ3) is 6.10. The van der Waals surface area contributed by atoms with Crippen molar-refractivity contribution in [1.29, 1.82) is 0 Å². The molecule has 0 fully saturated rings. The summed E-state index contributed by atoms with van der Waals surface area (Å²) in [4.78, 5) is 0. The highest BCUT2D eigenvalue weighted by atomic mass is 35.5. The first-order valence-electron chi connectivity index (χ1n) is 9.98. The maximum absolute atomic E-state index is 6.43. The fourth-order valence-corrected chi connectivity index (χ4v) is 3.85. The second-order valence-electron chi connectivity index (χ2n) is 6.42. The molecule has 0 saturated carbocycles. The number of nitrogens with one attached hydrogen (secondary N) is 1. The Bertz CT molecular complexity index is 923. The van der Waals surface area contributed by atoms with Crippen LogP contribution in [0.2, 0.25) is 5.02 Å². The minimum absolute atomic E-state index is 0.558. The van der Waals surface area contributed by atoms with Gasteiger partial charge >= 0.3 is 0 Å². The third-order valence-corrected chi connectivity index (χ3v) is 5.30. The van der Waals surface area contributed by atoms with Gasteiger partial charge in [-0.25, -0.2) is 0 Å². The van der Waals surface area contributed by atoms with Crippen molar-refractivity contribution in [3.8, 4) is 17.2 Å². The van der Waals surface area contributed by atoms with Gasteiger partial charge in [0.05, 0.1) is 23.9 Å². The SMILES string of the molecule is CCCOc1c(Cl)cc(CNCCSc2nnnn2-c2ccccc2)cc1OCC. The van der Waals surface area contributed by atoms with Crippen molar-refractivity contribution in [3.05, 3.63) is 53.1 Å². The topological polar surface area (TPSA) is 74.1 Å². The molecule has 0 radical (unpaired) electrons. The van der Waals surface area contributed by atoms with E-state index >= 15 is 0 Å². The molecule has 0 atom stereocenters. The molecule has 9 heteroatoms. The van der Waals surface area contributed by atoms with Crippen molar-refractivity contribution in [3.63, 3.8) is 0 Å². The standard InChI is InChI=1S/C21H26ClN5O2S/c1-3-11-29-20-18(22)13-16(14-19(20)28-4-2)15-23-10-12-30-21-24-25-26-27(21)17-8-6-5-7-9-17/h5-9,13-14,23H,3-4,10-12,15H2,1-2H3. The Hall–Kier alpha value is -2.29. The second-order valence-corrected chi connectivity index (χ2v) is 7.89. The van der Waals surface area contributed by atoms with Crippen LogP contribution in [0.15, 0.2) is 47.6 Å². The van der Waals surface area contributed by atoms with Gasteiger partial charge in [0, 0.05) is 18.8 Å². The first-order chi connectivity index (χ1) is 14.7. The molecule has 0 saturated heterocycles. The summed E-state index contributed by atoms with van der Waals surface area (Å²) in [7, 11) is 0. The quantitative estimate of drug-likeness (QED) is 0.326. The number of hydrogen-bond donors (Lipinski definition) is 1. The van der Waals surface area contributed by atoms with Crippen LogP contribution in [0.1, 0.15) is 25.8 Å². The van der Waals surface area contributed by atoms with E-state index in [1.807, 2.05) is 49.4 Å². The number of halogens is 1. The molecule has 0 aliphatic heterocycles. The molecule has 0 aliphatic carbocycles. The minimum Gasteiger partial charge on any atom is -0.490 e. The van der Waals surface area contributed by atoms with Gasteiger partial charge in [0.1, 0.15) is 0 Å². The lowest BCUT2D eigenvalue weighted by atomic mass is 10.2. The van der Waals surface area contributed by atoms with Gasteiger partial charge in [-0.15, -0.1) is 5.10 Å². The van der Waals surface area contributed by atoms with Crippen LogP contribution in [-0.4, -0.2) is 45.7 Å². The molecule has 3 aromatic rings. The predicted molar refractivity (Wildman–Crippen MR) is 120 cm³/mol. The number of thioether (sulfide) groups is 1. The molecule has 7 nitrogen and oxygen atoms in total. The van der Waals surface area contributed by atoms with Gasteiger partial charge in [0.25, 0.3) is 0 Å². The van der Waals surface area contributed by atoms with Gasteiger partial charge in [0.15, 0.2) is 11.5 Å². The van der Waals surface area contributed by atoms with Crippen LogP contribution in [0.3, 0.4) is 0 Å². The molecule has 0 aliphatic rings. The smallest absolute Gasteiger partial charge is 0.214 e. The van der Waals surface area contributed by atoms with E-state index in [1.54, 1.807) is 16.4 Å². The molecular weight excluding hydrogens is 422 g/mol. The van der Waals surface area contributed by atoms with Crippen molar-refractivity contribution in [2.45, 2.75) is 32.0 Å². The first kappa shape index (κ1) is 22.4. The van der Waals surface area contributed by atoms with Crippen LogP contribution in [0.5, 0.6) is 11.5 Å². The normalized spacial score (nSPS) is 10.9. The van der Waals surface area contributed by atoms with Crippen LogP contribution in [0.25, 0.3) is 5.69 Å². The highest BCUT2D eigenvalue weighted by Gasteiger charge is 2.13. The average molecular weight is 448 g/mol. The van der Waals surface area contributed by atoms with Crippen molar-refractivity contribution >= 4 is 23.4 Å². The Morgan fingerprint density at radius 1 is 1.13 bits per heavy atom. The number of benzene rings is 2. The van der Waals surface area contributed by atoms with E-state index in [-0.39, 0.29) is 0 Å². The van der Waals surface area contributed by atoms with Crippen molar-refractivity contribution in [2.75, 3.05) is 25.5 Å². The molecule has 1 heterocycles. The number of hydrogen-bond acceptors (Lipinski definition) is 7. The van der Waals surface area contributed by atoms with E-state index in [2.05, 4.69) is 27.8 Å². The summed E-state index contributed by atoms with van der Waals surface area (Å²) in [5, 5.41) is 16.7. The van der Waals surface area contributed by atoms with Crippen LogP contribution >= 0.6 is 23.4 Å². The molecule has 1 aromatic heterocycles. The summed E-state index contributed by atoms with van der Waals surface area (Å²) in [6, 6.07) is 13.8. The van der Waals surface area contributed by atoms with Gasteiger partial charge in [-0.2, -0.15) is 4.68 Å². The summed E-state index contributed by atoms with van der Waals surface area (Å²) < 4.78 is 13.2. The number of tetrazole rings is 1. The Balaban J connectivity index is 1.52. The Morgan fingerprint density at radius 2 is 1.97 bits per heavy atom. The molecule has 0 amide bonds. The molecule has 0 unspecified atom stereocenters. The van der Waals surface area contributed by atoms with E-state index < -0.39 is 0 Å². The van der Waals surface area contributed by atoms with Gasteiger partial charge in [0.2, 0.25) is 5.16 Å². The average Bonchev–Trinajstić information content (AvgIpc) is 3.22. The molecule has 3 rings (SSSR count). The fraction of sp³-hybridized carbons (Fsp3) is 0.381. The predicted octanol–water partition coefficient (Wildman–Crippen LogP) is 4.39. The lowest BCUT2D eigenvalue weighted by Crippen LogP contribution is -2.17. The Morgan fingerprint density at radius 3 is 2.73 bits per heavy atom. The molecule has 1 N–H and O–H groups in total. The van der Waals surface area contributed by atoms with Gasteiger partial charge in [-0.1, -0.05) is 48.5 Å². The molecule has 2 aromatic carbocycles. The van der Waals surface area contributed by atoms with Crippen molar-refractivity contribution < 1.29 is 9.47 Å². The second kappa shape index (κ2) is 11.8. The summed E-state index contributed by atoms with van der Waals surface area (Å²) in [5.41, 5.74) is 1.99. The molecule has 30 heavy (non-hydrogen) atoms. The van der Waals surface area contributed by atoms with Gasteiger partial charge in [-0.3, -0.25) is 0 Å². The summed E-state index contributed by atoms with van der Waals surface area (Å²) >= 11 is 8.03. The van der Waals surface area contributed by atoms with E-state index in [0.29, 0.717) is 36.3 Å². The highest BCUT2D eigenvalue weighted by molar-refractivity contribution is 7.99. The molecule has 160 valence electrons. The molecular formula is C21H26ClN5O2S. The maximum Gasteiger partial charge on any atom is 0.214 e. The van der Waals surface area contributed by atoms with Crippen LogP contribution in [0.4, 0.5) is 0 Å². The zero-order valence-electron chi connectivity index (χ0n) is 17.2. The van der Waals surface area contributed by atoms with Crippen molar-refractivity contribution in [1.82, 2.24) is 25.5 Å². The number of para-hydroxylation sites is 1. The van der Waals surface area contributed by atoms with Gasteiger partial charge in [-0.05, 0) is 53.6 Å². The maximum atomic E-state index is 6.43. The lowest BCUT2D eigenvalue weighted by molar-refractivity contribution is 0.277. The first-order valence-corrected chi connectivity index (χ1v) is 11.3. The fourth-order valence-electron chi connectivity index (χ4n) is 2.78. The largest absolute Gasteiger partial charge is 0.490 e. The van der Waals surface area contributed by atoms with E-state index in [4.69, 9.17) is 21.1 Å². The zero-order valence-corrected chi connectivity index (χ0v) is 18.7. The summed E-state index contributed by atoms with van der Waals surface area (Å²) in [5.74, 6) is 2.14. The summed E-state index contributed by atoms with van der Waals surface area (Å²) in [6.45, 7) is 6.64. The third-order valence-electron chi connectivity index (χ3n) is 4.10. The number of rotatable bonds is 12.